The number of nitrogens with zero attached hydrogens (tertiary/aromatic N) is 1. The summed E-state index contributed by atoms with van der Waals surface area (Å²) in [7, 11) is 0. The molecule has 1 amide bonds. The zero-order valence-electron chi connectivity index (χ0n) is 16.9. The molecule has 0 aromatic rings. The average Bonchev–Trinajstić information content (AvgIpc) is 2.53. The van der Waals surface area contributed by atoms with Gasteiger partial charge in [0, 0.05) is 38.3 Å². The van der Waals surface area contributed by atoms with Crippen LogP contribution in [0.1, 0.15) is 79.6 Å². The minimum atomic E-state index is -1.14. The van der Waals surface area contributed by atoms with E-state index in [1.54, 1.807) is 0 Å². The van der Waals surface area contributed by atoms with Crippen LogP contribution in [0.15, 0.2) is 0 Å². The Morgan fingerprint density at radius 2 is 1.76 bits per heavy atom. The standard InChI is InChI=1S/C20H38N2O3/c1-6-15-25-17-7-11-20(5,12-8-17)22(19(2,3)4)13-9-16(10-14-22)21-18(23)24/h16-17,21H,6-15H2,1-5H3. The Morgan fingerprint density at radius 1 is 1.20 bits per heavy atom. The molecule has 2 rings (SSSR count). The second-order valence-electron chi connectivity index (χ2n) is 9.36. The highest BCUT2D eigenvalue weighted by Crippen LogP contribution is 2.47. The number of quaternary nitrogens is 1. The van der Waals surface area contributed by atoms with Gasteiger partial charge in [0.25, 0.3) is 0 Å². The van der Waals surface area contributed by atoms with E-state index < -0.39 is 6.09 Å². The molecule has 0 aromatic heterocycles. The smallest absolute Gasteiger partial charge is 0.134 e. The van der Waals surface area contributed by atoms with E-state index in [1.807, 2.05) is 0 Å². The van der Waals surface area contributed by atoms with Gasteiger partial charge >= 0.3 is 0 Å². The fourth-order valence-electron chi connectivity index (χ4n) is 5.43. The molecule has 2 aliphatic rings. The molecule has 25 heavy (non-hydrogen) atoms. The lowest BCUT2D eigenvalue weighted by Crippen LogP contribution is -2.75. The summed E-state index contributed by atoms with van der Waals surface area (Å²) in [4.78, 5) is 10.9. The summed E-state index contributed by atoms with van der Waals surface area (Å²) in [5.74, 6) is 0. The molecule has 5 nitrogen and oxygen atoms in total. The Bertz CT molecular complexity index is 442. The zero-order valence-corrected chi connectivity index (χ0v) is 16.9. The first kappa shape index (κ1) is 20.5. The molecule has 0 radical (unpaired) electrons. The van der Waals surface area contributed by atoms with Crippen LogP contribution in [0.2, 0.25) is 0 Å². The summed E-state index contributed by atoms with van der Waals surface area (Å²) in [5.41, 5.74) is 0.398. The van der Waals surface area contributed by atoms with E-state index in [-0.39, 0.29) is 17.1 Å². The number of rotatable bonds is 5. The van der Waals surface area contributed by atoms with Crippen LogP contribution < -0.4 is 10.4 Å². The first-order valence-electron chi connectivity index (χ1n) is 10.1. The number of carbonyl (C=O) groups is 1. The zero-order chi connectivity index (χ0) is 18.7. The van der Waals surface area contributed by atoms with Crippen LogP contribution in [0.25, 0.3) is 0 Å². The topological polar surface area (TPSA) is 61.4 Å². The molecule has 146 valence electrons. The number of ether oxygens (including phenoxy) is 1. The SMILES string of the molecule is CCCOC1CCC(C)([N+]2(C(C)(C)C)CCC(NC(=O)[O-])CC2)CC1. The van der Waals surface area contributed by atoms with Gasteiger partial charge in [-0.25, -0.2) is 0 Å². The Morgan fingerprint density at radius 3 is 2.20 bits per heavy atom. The van der Waals surface area contributed by atoms with Gasteiger partial charge in [0.2, 0.25) is 0 Å². The lowest BCUT2D eigenvalue weighted by Gasteiger charge is -2.63. The van der Waals surface area contributed by atoms with Crippen molar-refractivity contribution >= 4 is 6.09 Å². The Balaban J connectivity index is 2.10. The number of amides is 1. The van der Waals surface area contributed by atoms with Crippen molar-refractivity contribution < 1.29 is 19.1 Å². The normalized spacial score (nSPS) is 36.8. The van der Waals surface area contributed by atoms with Crippen LogP contribution in [-0.4, -0.2) is 53.5 Å². The predicted octanol–water partition coefficient (Wildman–Crippen LogP) is 2.82. The third-order valence-electron chi connectivity index (χ3n) is 6.93. The van der Waals surface area contributed by atoms with E-state index in [2.05, 4.69) is 39.9 Å². The maximum absolute atomic E-state index is 10.9. The molecule has 0 aromatic carbocycles. The number of carboxylic acid groups (broad SMARTS) is 1. The molecule has 2 fully saturated rings. The monoisotopic (exact) mass is 354 g/mol. The summed E-state index contributed by atoms with van der Waals surface area (Å²) < 4.78 is 7.09. The second kappa shape index (κ2) is 7.83. The Hall–Kier alpha value is -0.810. The second-order valence-corrected chi connectivity index (χ2v) is 9.36. The minimum absolute atomic E-state index is 0.0476. The van der Waals surface area contributed by atoms with E-state index in [4.69, 9.17) is 4.74 Å². The number of hydrogen-bond acceptors (Lipinski definition) is 3. The molecular formula is C20H38N2O3. The van der Waals surface area contributed by atoms with E-state index >= 15 is 0 Å². The van der Waals surface area contributed by atoms with Crippen molar-refractivity contribution in [3.05, 3.63) is 0 Å². The van der Waals surface area contributed by atoms with Crippen molar-refractivity contribution in [3.63, 3.8) is 0 Å². The van der Waals surface area contributed by atoms with Gasteiger partial charge in [-0.15, -0.1) is 0 Å². The number of carbonyl (C=O) groups excluding carboxylic acids is 1. The van der Waals surface area contributed by atoms with Crippen LogP contribution >= 0.6 is 0 Å². The summed E-state index contributed by atoms with van der Waals surface area (Å²) in [6.45, 7) is 14.6. The fraction of sp³-hybridized carbons (Fsp3) is 0.950. The first-order chi connectivity index (χ1) is 11.6. The van der Waals surface area contributed by atoms with Crippen LogP contribution in [0, 0.1) is 0 Å². The summed E-state index contributed by atoms with van der Waals surface area (Å²) >= 11 is 0. The van der Waals surface area contributed by atoms with Gasteiger partial charge in [-0.05, 0) is 47.0 Å². The first-order valence-corrected chi connectivity index (χ1v) is 10.1. The van der Waals surface area contributed by atoms with Crippen molar-refractivity contribution in [1.82, 2.24) is 5.32 Å². The molecule has 0 spiro atoms. The average molecular weight is 355 g/mol. The van der Waals surface area contributed by atoms with Crippen molar-refractivity contribution in [2.24, 2.45) is 0 Å². The van der Waals surface area contributed by atoms with Gasteiger partial charge in [0.1, 0.15) is 6.09 Å². The van der Waals surface area contributed by atoms with Gasteiger partial charge in [0.15, 0.2) is 0 Å². The summed E-state index contributed by atoms with van der Waals surface area (Å²) in [5, 5.41) is 13.5. The Labute approximate surface area is 153 Å². The molecule has 0 unspecified atom stereocenters. The molecule has 1 N–H and O–H groups in total. The van der Waals surface area contributed by atoms with Gasteiger partial charge in [-0.3, -0.25) is 0 Å². The quantitative estimate of drug-likeness (QED) is 0.772. The van der Waals surface area contributed by atoms with Crippen LogP contribution in [0.5, 0.6) is 0 Å². The third kappa shape index (κ3) is 4.30. The van der Waals surface area contributed by atoms with Crippen molar-refractivity contribution in [3.8, 4) is 0 Å². The van der Waals surface area contributed by atoms with Crippen molar-refractivity contribution in [1.29, 1.82) is 0 Å². The van der Waals surface area contributed by atoms with Crippen molar-refractivity contribution in [2.75, 3.05) is 19.7 Å². The highest BCUT2D eigenvalue weighted by Gasteiger charge is 2.56. The highest BCUT2D eigenvalue weighted by molar-refractivity contribution is 5.62. The number of hydrogen-bond donors (Lipinski definition) is 1. The minimum Gasteiger partial charge on any atom is -0.530 e. The lowest BCUT2D eigenvalue weighted by molar-refractivity contribution is -1.02. The fourth-order valence-corrected chi connectivity index (χ4v) is 5.43. The van der Waals surface area contributed by atoms with E-state index in [1.165, 1.54) is 12.8 Å². The van der Waals surface area contributed by atoms with Crippen LogP contribution in [0.3, 0.4) is 0 Å². The number of nitrogens with one attached hydrogen (secondary N) is 1. The Kier molecular flexibility index (Phi) is 6.42. The van der Waals surface area contributed by atoms with E-state index in [9.17, 15) is 9.90 Å². The predicted molar refractivity (Wildman–Crippen MR) is 98.2 cm³/mol. The maximum Gasteiger partial charge on any atom is 0.134 e. The summed E-state index contributed by atoms with van der Waals surface area (Å²) in [6, 6.07) is 0.0476. The maximum atomic E-state index is 10.9. The number of likely N-dealkylation sites (tertiary alicyclic amines) is 1. The van der Waals surface area contributed by atoms with E-state index in [0.29, 0.717) is 6.10 Å². The molecule has 1 saturated carbocycles. The molecule has 1 aliphatic heterocycles. The molecule has 0 bridgehead atoms. The van der Waals surface area contributed by atoms with Crippen molar-refractivity contribution in [2.45, 2.75) is 103 Å². The molecule has 0 atom stereocenters. The van der Waals surface area contributed by atoms with Crippen LogP contribution in [0.4, 0.5) is 4.79 Å². The third-order valence-corrected chi connectivity index (χ3v) is 6.93. The van der Waals surface area contributed by atoms with Gasteiger partial charge in [0.05, 0.1) is 30.3 Å². The van der Waals surface area contributed by atoms with Gasteiger partial charge < -0.3 is 24.4 Å². The molecular weight excluding hydrogens is 316 g/mol. The highest BCUT2D eigenvalue weighted by atomic mass is 16.5. The molecule has 1 aliphatic carbocycles. The molecule has 1 saturated heterocycles. The van der Waals surface area contributed by atoms with Gasteiger partial charge in [-0.1, -0.05) is 6.92 Å². The van der Waals surface area contributed by atoms with E-state index in [0.717, 1.165) is 56.3 Å². The summed E-state index contributed by atoms with van der Waals surface area (Å²) in [6.07, 6.45) is 6.84. The number of piperidine rings is 1. The lowest BCUT2D eigenvalue weighted by atomic mass is 9.73. The largest absolute Gasteiger partial charge is 0.530 e. The van der Waals surface area contributed by atoms with Crippen LogP contribution in [-0.2, 0) is 4.74 Å². The molecule has 5 heteroatoms. The molecule has 1 heterocycles. The van der Waals surface area contributed by atoms with Gasteiger partial charge in [-0.2, -0.15) is 0 Å².